The van der Waals surface area contributed by atoms with Crippen LogP contribution in [0.1, 0.15) is 24.0 Å². The molecule has 2 aromatic carbocycles. The Labute approximate surface area is 167 Å². The Balaban J connectivity index is 0.00000280. The van der Waals surface area contributed by atoms with Gasteiger partial charge in [0.2, 0.25) is 0 Å². The molecule has 1 fully saturated rings. The van der Waals surface area contributed by atoms with Crippen molar-refractivity contribution in [2.45, 2.75) is 31.2 Å². The number of carbonyl (C=O) groups is 1. The molecule has 0 aliphatic carbocycles. The molecular formula is C20H22ClF3N2O2. The van der Waals surface area contributed by atoms with E-state index in [-0.39, 0.29) is 36.0 Å². The smallest absolute Gasteiger partial charge is 0.419 e. The van der Waals surface area contributed by atoms with Crippen LogP contribution in [0.4, 0.5) is 13.2 Å². The van der Waals surface area contributed by atoms with Gasteiger partial charge in [-0.3, -0.25) is 4.79 Å². The van der Waals surface area contributed by atoms with Crippen LogP contribution in [0.25, 0.3) is 0 Å². The van der Waals surface area contributed by atoms with Crippen LogP contribution in [0.2, 0.25) is 0 Å². The molecular weight excluding hydrogens is 393 g/mol. The van der Waals surface area contributed by atoms with Crippen molar-refractivity contribution in [1.82, 2.24) is 4.90 Å². The van der Waals surface area contributed by atoms with Gasteiger partial charge in [0.05, 0.1) is 5.56 Å². The second-order valence-electron chi connectivity index (χ2n) is 6.68. The van der Waals surface area contributed by atoms with Gasteiger partial charge in [0, 0.05) is 25.0 Å². The van der Waals surface area contributed by atoms with E-state index < -0.39 is 17.8 Å². The first-order valence-corrected chi connectivity index (χ1v) is 8.69. The van der Waals surface area contributed by atoms with Crippen LogP contribution in [-0.2, 0) is 11.0 Å². The van der Waals surface area contributed by atoms with E-state index in [4.69, 9.17) is 10.5 Å². The van der Waals surface area contributed by atoms with Crippen LogP contribution in [-0.4, -0.2) is 36.0 Å². The maximum atomic E-state index is 13.1. The predicted octanol–water partition coefficient (Wildman–Crippen LogP) is 3.85. The number of amides is 1. The van der Waals surface area contributed by atoms with Crippen molar-refractivity contribution in [3.05, 3.63) is 65.7 Å². The largest absolute Gasteiger partial charge is 0.480 e. The van der Waals surface area contributed by atoms with E-state index in [0.717, 1.165) is 11.6 Å². The van der Waals surface area contributed by atoms with Gasteiger partial charge in [-0.15, -0.1) is 12.4 Å². The third kappa shape index (κ3) is 4.77. The fourth-order valence-electron chi connectivity index (χ4n) is 3.36. The van der Waals surface area contributed by atoms with Gasteiger partial charge < -0.3 is 15.4 Å². The van der Waals surface area contributed by atoms with Gasteiger partial charge >= 0.3 is 6.18 Å². The molecule has 0 spiro atoms. The molecule has 3 rings (SSSR count). The summed E-state index contributed by atoms with van der Waals surface area (Å²) in [5, 5.41) is 0. The molecule has 1 amide bonds. The molecule has 0 radical (unpaired) electrons. The quantitative estimate of drug-likeness (QED) is 0.826. The monoisotopic (exact) mass is 414 g/mol. The summed E-state index contributed by atoms with van der Waals surface area (Å²) in [5.74, 6) is -0.736. The Morgan fingerprint density at radius 2 is 1.71 bits per heavy atom. The fraction of sp³-hybridized carbons (Fsp3) is 0.350. The lowest BCUT2D eigenvalue weighted by Crippen LogP contribution is -2.40. The number of hydrogen-bond acceptors (Lipinski definition) is 3. The molecule has 3 atom stereocenters. The molecule has 1 saturated heterocycles. The Bertz CT molecular complexity index is 802. The van der Waals surface area contributed by atoms with Crippen molar-refractivity contribution in [1.29, 1.82) is 0 Å². The van der Waals surface area contributed by atoms with E-state index in [1.54, 1.807) is 4.90 Å². The van der Waals surface area contributed by atoms with E-state index in [9.17, 15) is 18.0 Å². The van der Waals surface area contributed by atoms with Crippen LogP contribution >= 0.6 is 12.4 Å². The number of benzene rings is 2. The predicted molar refractivity (Wildman–Crippen MR) is 103 cm³/mol. The number of nitrogens with two attached hydrogens (primary N) is 1. The molecule has 8 heteroatoms. The third-order valence-electron chi connectivity index (χ3n) is 4.75. The second kappa shape index (κ2) is 8.84. The van der Waals surface area contributed by atoms with Gasteiger partial charge in [0.1, 0.15) is 5.75 Å². The van der Waals surface area contributed by atoms with Crippen molar-refractivity contribution < 1.29 is 22.7 Å². The normalized spacial score (nSPS) is 20.4. The van der Waals surface area contributed by atoms with Crippen LogP contribution < -0.4 is 10.5 Å². The number of nitrogens with zero attached hydrogens (tertiary/aromatic N) is 1. The van der Waals surface area contributed by atoms with Crippen molar-refractivity contribution in [2.24, 2.45) is 5.73 Å². The highest BCUT2D eigenvalue weighted by Crippen LogP contribution is 2.36. The highest BCUT2D eigenvalue weighted by atomic mass is 35.5. The molecule has 1 aliphatic rings. The molecule has 0 saturated carbocycles. The molecule has 152 valence electrons. The Kier molecular flexibility index (Phi) is 6.96. The third-order valence-corrected chi connectivity index (χ3v) is 4.75. The molecule has 1 heterocycles. The molecule has 0 aromatic heterocycles. The zero-order chi connectivity index (χ0) is 19.6. The Hall–Kier alpha value is -2.25. The van der Waals surface area contributed by atoms with E-state index in [1.165, 1.54) is 25.1 Å². The fourth-order valence-corrected chi connectivity index (χ4v) is 3.36. The summed E-state index contributed by atoms with van der Waals surface area (Å²) in [4.78, 5) is 14.3. The van der Waals surface area contributed by atoms with Crippen molar-refractivity contribution in [2.75, 3.05) is 13.1 Å². The highest BCUT2D eigenvalue weighted by molar-refractivity contribution is 5.85. The molecule has 1 unspecified atom stereocenters. The molecule has 2 N–H and O–H groups in total. The molecule has 2 aromatic rings. The number of carbonyl (C=O) groups excluding carboxylic acids is 1. The van der Waals surface area contributed by atoms with Crippen LogP contribution in [0, 0.1) is 0 Å². The summed E-state index contributed by atoms with van der Waals surface area (Å²) in [6, 6.07) is 14.3. The molecule has 28 heavy (non-hydrogen) atoms. The number of rotatable bonds is 4. The van der Waals surface area contributed by atoms with Crippen LogP contribution in [0.3, 0.4) is 0 Å². The van der Waals surface area contributed by atoms with E-state index in [2.05, 4.69) is 0 Å². The number of likely N-dealkylation sites (tertiary alicyclic amines) is 1. The lowest BCUT2D eigenvalue weighted by Gasteiger charge is -2.23. The van der Waals surface area contributed by atoms with Crippen molar-refractivity contribution in [3.63, 3.8) is 0 Å². The molecule has 1 aliphatic heterocycles. The zero-order valence-corrected chi connectivity index (χ0v) is 16.0. The summed E-state index contributed by atoms with van der Waals surface area (Å²) < 4.78 is 44.7. The minimum atomic E-state index is -4.55. The summed E-state index contributed by atoms with van der Waals surface area (Å²) in [6.45, 7) is 2.21. The summed E-state index contributed by atoms with van der Waals surface area (Å²) in [7, 11) is 0. The van der Waals surface area contributed by atoms with Crippen LogP contribution in [0.5, 0.6) is 5.75 Å². The SMILES string of the molecule is CC(Oc1ccccc1C(F)(F)F)C(=O)N1C[C@@H](N)[C@H](c2ccccc2)C1.Cl. The van der Waals surface area contributed by atoms with E-state index >= 15 is 0 Å². The number of ether oxygens (including phenoxy) is 1. The lowest BCUT2D eigenvalue weighted by atomic mass is 9.95. The van der Waals surface area contributed by atoms with Gasteiger partial charge in [-0.1, -0.05) is 42.5 Å². The number of alkyl halides is 3. The zero-order valence-electron chi connectivity index (χ0n) is 15.2. The average molecular weight is 415 g/mol. The Morgan fingerprint density at radius 1 is 1.11 bits per heavy atom. The number of para-hydroxylation sites is 1. The van der Waals surface area contributed by atoms with E-state index in [0.29, 0.717) is 13.1 Å². The van der Waals surface area contributed by atoms with Gasteiger partial charge in [0.15, 0.2) is 6.10 Å². The van der Waals surface area contributed by atoms with Crippen molar-refractivity contribution >= 4 is 18.3 Å². The highest BCUT2D eigenvalue weighted by Gasteiger charge is 2.38. The first kappa shape index (κ1) is 22.0. The number of hydrogen-bond donors (Lipinski definition) is 1. The summed E-state index contributed by atoms with van der Waals surface area (Å²) in [6.07, 6.45) is -5.59. The molecule has 4 nitrogen and oxygen atoms in total. The van der Waals surface area contributed by atoms with Crippen molar-refractivity contribution in [3.8, 4) is 5.75 Å². The maximum absolute atomic E-state index is 13.1. The van der Waals surface area contributed by atoms with Gasteiger partial charge in [-0.2, -0.15) is 13.2 Å². The number of halogens is 4. The topological polar surface area (TPSA) is 55.6 Å². The first-order valence-electron chi connectivity index (χ1n) is 8.69. The Morgan fingerprint density at radius 3 is 2.36 bits per heavy atom. The van der Waals surface area contributed by atoms with Crippen LogP contribution in [0.15, 0.2) is 54.6 Å². The average Bonchev–Trinajstić information content (AvgIpc) is 3.03. The lowest BCUT2D eigenvalue weighted by molar-refractivity contribution is -0.143. The molecule has 0 bridgehead atoms. The van der Waals surface area contributed by atoms with E-state index in [1.807, 2.05) is 30.3 Å². The van der Waals surface area contributed by atoms with Gasteiger partial charge in [-0.05, 0) is 24.6 Å². The minimum absolute atomic E-state index is 0. The van der Waals surface area contributed by atoms with Gasteiger partial charge in [-0.25, -0.2) is 0 Å². The summed E-state index contributed by atoms with van der Waals surface area (Å²) >= 11 is 0. The maximum Gasteiger partial charge on any atom is 0.419 e. The van der Waals surface area contributed by atoms with Gasteiger partial charge in [0.25, 0.3) is 5.91 Å². The second-order valence-corrected chi connectivity index (χ2v) is 6.68. The minimum Gasteiger partial charge on any atom is -0.480 e. The first-order chi connectivity index (χ1) is 12.8. The summed E-state index contributed by atoms with van der Waals surface area (Å²) in [5.41, 5.74) is 6.33. The standard InChI is InChI=1S/C20H21F3N2O2.ClH/c1-13(27-18-10-6-5-9-16(18)20(21,22)23)19(26)25-11-15(17(24)12-25)14-7-3-2-4-8-14;/h2-10,13,15,17H,11-12,24H2,1H3;1H/t13?,15-,17+;/m0./s1.